The van der Waals surface area contributed by atoms with Crippen LogP contribution in [0.3, 0.4) is 0 Å². The fraction of sp³-hybridized carbons (Fsp3) is 0.250. The Hall–Kier alpha value is -1.71. The zero-order chi connectivity index (χ0) is 13.6. The summed E-state index contributed by atoms with van der Waals surface area (Å²) in [6.07, 6.45) is 0. The maximum atomic E-state index is 8.74. The first-order chi connectivity index (χ1) is 7.69. The van der Waals surface area contributed by atoms with Crippen molar-refractivity contribution in [2.24, 2.45) is 0 Å². The van der Waals surface area contributed by atoms with Crippen molar-refractivity contribution in [1.29, 1.82) is 0 Å². The van der Waals surface area contributed by atoms with Crippen molar-refractivity contribution >= 4 is 21.8 Å². The Balaban J connectivity index is 0.000000437. The first-order valence-electron chi connectivity index (χ1n) is 4.16. The largest absolute Gasteiger partial charge is 0.493 e. The number of hydrogen-bond acceptors (Lipinski definition) is 6. The van der Waals surface area contributed by atoms with E-state index < -0.39 is 10.4 Å². The predicted octanol–water partition coefficient (Wildman–Crippen LogP) is 0.215. The maximum Gasteiger partial charge on any atom is 0.394 e. The molecule has 1 rings (SSSR count). The summed E-state index contributed by atoms with van der Waals surface area (Å²) in [5.74, 6) is 1.17. The van der Waals surface area contributed by atoms with Crippen LogP contribution in [0.25, 0.3) is 0 Å². The zero-order valence-corrected chi connectivity index (χ0v) is 10.1. The number of hydrogen-bond donors (Lipinski definition) is 4. The summed E-state index contributed by atoms with van der Waals surface area (Å²) in [4.78, 5) is 0. The normalized spacial score (nSPS) is 10.1. The molecule has 98 valence electrons. The molecule has 0 aliphatic carbocycles. The highest BCUT2D eigenvalue weighted by atomic mass is 32.3. The Morgan fingerprint density at radius 2 is 1.24 bits per heavy atom. The molecule has 0 amide bonds. The molecule has 1 aromatic carbocycles. The number of ether oxygens (including phenoxy) is 2. The number of anilines is 2. The van der Waals surface area contributed by atoms with Gasteiger partial charge >= 0.3 is 10.4 Å². The first kappa shape index (κ1) is 15.3. The molecule has 6 N–H and O–H groups in total. The molecule has 0 unspecified atom stereocenters. The molecule has 0 atom stereocenters. The molecule has 0 heterocycles. The van der Waals surface area contributed by atoms with Crippen molar-refractivity contribution in [2.75, 3.05) is 25.7 Å². The number of benzene rings is 1. The van der Waals surface area contributed by atoms with E-state index in [-0.39, 0.29) is 0 Å². The molecule has 8 nitrogen and oxygen atoms in total. The minimum atomic E-state index is -4.67. The van der Waals surface area contributed by atoms with Crippen LogP contribution in [0.1, 0.15) is 0 Å². The van der Waals surface area contributed by atoms with Gasteiger partial charge in [0.15, 0.2) is 11.5 Å². The van der Waals surface area contributed by atoms with Gasteiger partial charge in [-0.05, 0) is 0 Å². The van der Waals surface area contributed by atoms with E-state index in [1.807, 2.05) is 0 Å². The second kappa shape index (κ2) is 6.13. The number of nitrogen functional groups attached to an aromatic ring is 2. The van der Waals surface area contributed by atoms with E-state index in [4.69, 9.17) is 38.5 Å². The van der Waals surface area contributed by atoms with Gasteiger partial charge in [0.05, 0.1) is 25.6 Å². The standard InChI is InChI=1S/C8H12N2O2.H2O4S/c1-11-7-3-5(9)6(10)4-8(7)12-2;1-5(2,3)4/h3-4H,9-10H2,1-2H3;(H2,1,2,3,4). The molecule has 0 aliphatic heterocycles. The van der Waals surface area contributed by atoms with Crippen LogP contribution in [0, 0.1) is 0 Å². The van der Waals surface area contributed by atoms with Gasteiger partial charge in [0.2, 0.25) is 0 Å². The molecule has 0 fully saturated rings. The Bertz CT molecular complexity index is 436. The summed E-state index contributed by atoms with van der Waals surface area (Å²) in [7, 11) is -1.57. The van der Waals surface area contributed by atoms with Crippen LogP contribution >= 0.6 is 0 Å². The van der Waals surface area contributed by atoms with Crippen molar-refractivity contribution in [3.05, 3.63) is 12.1 Å². The van der Waals surface area contributed by atoms with Gasteiger partial charge in [0, 0.05) is 12.1 Å². The Morgan fingerprint density at radius 3 is 1.41 bits per heavy atom. The maximum absolute atomic E-state index is 8.74. The second-order valence-electron chi connectivity index (χ2n) is 2.78. The van der Waals surface area contributed by atoms with E-state index in [1.54, 1.807) is 26.4 Å². The van der Waals surface area contributed by atoms with Crippen LogP contribution in [0.5, 0.6) is 11.5 Å². The lowest BCUT2D eigenvalue weighted by Crippen LogP contribution is -1.97. The van der Waals surface area contributed by atoms with E-state index in [2.05, 4.69) is 0 Å². The molecule has 0 radical (unpaired) electrons. The molecule has 0 bridgehead atoms. The fourth-order valence-electron chi connectivity index (χ4n) is 0.910. The summed E-state index contributed by atoms with van der Waals surface area (Å²) in [5.41, 5.74) is 12.1. The van der Waals surface area contributed by atoms with Crippen LogP contribution in [-0.4, -0.2) is 31.7 Å². The third-order valence-corrected chi connectivity index (χ3v) is 1.59. The third-order valence-electron chi connectivity index (χ3n) is 1.59. The van der Waals surface area contributed by atoms with Crippen LogP contribution in [0.15, 0.2) is 12.1 Å². The lowest BCUT2D eigenvalue weighted by Gasteiger charge is -2.09. The molecule has 0 spiro atoms. The lowest BCUT2D eigenvalue weighted by molar-refractivity contribution is 0.355. The summed E-state index contributed by atoms with van der Waals surface area (Å²) < 4.78 is 41.6. The Kier molecular flexibility index (Phi) is 5.51. The highest BCUT2D eigenvalue weighted by Gasteiger charge is 2.05. The zero-order valence-electron chi connectivity index (χ0n) is 9.25. The van der Waals surface area contributed by atoms with Crippen molar-refractivity contribution in [3.63, 3.8) is 0 Å². The average molecular weight is 266 g/mol. The van der Waals surface area contributed by atoms with Gasteiger partial charge in [-0.2, -0.15) is 8.42 Å². The van der Waals surface area contributed by atoms with Crippen molar-refractivity contribution in [2.45, 2.75) is 0 Å². The third kappa shape index (κ3) is 6.45. The number of methoxy groups -OCH3 is 2. The van der Waals surface area contributed by atoms with Gasteiger partial charge in [-0.25, -0.2) is 0 Å². The van der Waals surface area contributed by atoms with E-state index in [9.17, 15) is 0 Å². The minimum Gasteiger partial charge on any atom is -0.493 e. The second-order valence-corrected chi connectivity index (χ2v) is 3.68. The molecular formula is C8H14N2O6S. The van der Waals surface area contributed by atoms with Crippen molar-refractivity contribution < 1.29 is 27.0 Å². The quantitative estimate of drug-likeness (QED) is 0.439. The van der Waals surface area contributed by atoms with E-state index in [1.165, 1.54) is 0 Å². The highest BCUT2D eigenvalue weighted by Crippen LogP contribution is 2.32. The van der Waals surface area contributed by atoms with Gasteiger partial charge in [-0.3, -0.25) is 9.11 Å². The van der Waals surface area contributed by atoms with Crippen LogP contribution in [0.2, 0.25) is 0 Å². The fourth-order valence-corrected chi connectivity index (χ4v) is 0.910. The van der Waals surface area contributed by atoms with Crippen LogP contribution in [-0.2, 0) is 10.4 Å². The molecule has 9 heteroatoms. The monoisotopic (exact) mass is 266 g/mol. The van der Waals surface area contributed by atoms with Gasteiger partial charge in [-0.15, -0.1) is 0 Å². The molecule has 0 aromatic heterocycles. The van der Waals surface area contributed by atoms with Crippen molar-refractivity contribution in [3.8, 4) is 11.5 Å². The number of nitrogens with two attached hydrogens (primary N) is 2. The Labute approximate surface area is 98.7 Å². The van der Waals surface area contributed by atoms with Crippen molar-refractivity contribution in [1.82, 2.24) is 0 Å². The average Bonchev–Trinajstić information content (AvgIpc) is 2.19. The topological polar surface area (TPSA) is 145 Å². The molecule has 0 aliphatic rings. The molecule has 17 heavy (non-hydrogen) atoms. The molecule has 0 saturated heterocycles. The lowest BCUT2D eigenvalue weighted by atomic mass is 10.2. The van der Waals surface area contributed by atoms with E-state index in [0.717, 1.165) is 0 Å². The summed E-state index contributed by atoms with van der Waals surface area (Å²) in [6, 6.07) is 3.27. The molecular weight excluding hydrogens is 252 g/mol. The SMILES string of the molecule is COc1cc(N)c(N)cc1OC.O=S(=O)(O)O. The highest BCUT2D eigenvalue weighted by molar-refractivity contribution is 7.79. The van der Waals surface area contributed by atoms with E-state index >= 15 is 0 Å². The summed E-state index contributed by atoms with van der Waals surface area (Å²) >= 11 is 0. The number of rotatable bonds is 2. The van der Waals surface area contributed by atoms with E-state index in [0.29, 0.717) is 22.9 Å². The van der Waals surface area contributed by atoms with Gasteiger partial charge in [-0.1, -0.05) is 0 Å². The molecule has 1 aromatic rings. The predicted molar refractivity (Wildman–Crippen MR) is 62.5 cm³/mol. The minimum absolute atomic E-state index is 0.493. The summed E-state index contributed by atoms with van der Waals surface area (Å²) in [5, 5.41) is 0. The van der Waals surface area contributed by atoms with Crippen LogP contribution < -0.4 is 20.9 Å². The Morgan fingerprint density at radius 1 is 1.00 bits per heavy atom. The molecule has 0 saturated carbocycles. The first-order valence-corrected chi connectivity index (χ1v) is 5.55. The van der Waals surface area contributed by atoms with Gasteiger partial charge < -0.3 is 20.9 Å². The summed E-state index contributed by atoms with van der Waals surface area (Å²) in [6.45, 7) is 0. The smallest absolute Gasteiger partial charge is 0.394 e. The van der Waals surface area contributed by atoms with Crippen LogP contribution in [0.4, 0.5) is 11.4 Å². The van der Waals surface area contributed by atoms with Gasteiger partial charge in [0.25, 0.3) is 0 Å². The van der Waals surface area contributed by atoms with Gasteiger partial charge in [0.1, 0.15) is 0 Å².